The van der Waals surface area contributed by atoms with Gasteiger partial charge in [0.2, 0.25) is 11.8 Å². The molecule has 0 atom stereocenters. The Bertz CT molecular complexity index is 858. The molecule has 0 aliphatic heterocycles. The van der Waals surface area contributed by atoms with Gasteiger partial charge >= 0.3 is 0 Å². The quantitative estimate of drug-likeness (QED) is 0.258. The maximum Gasteiger partial charge on any atom is 0.249 e. The summed E-state index contributed by atoms with van der Waals surface area (Å²) in [6.07, 6.45) is 4.96. The predicted octanol–water partition coefficient (Wildman–Crippen LogP) is 2.93. The molecule has 1 rings (SSSR count). The van der Waals surface area contributed by atoms with Gasteiger partial charge in [0, 0.05) is 21.0 Å². The topological polar surface area (TPSA) is 166 Å². The van der Waals surface area contributed by atoms with E-state index in [1.807, 2.05) is 0 Å². The van der Waals surface area contributed by atoms with Crippen molar-refractivity contribution in [3.63, 3.8) is 0 Å². The SMILES string of the molecule is [N-]=[N+]=NC(=O)c1ccc(/C=C/C(=O)/C=C/C=O)cc1C(=O)N=[N+]=[N-]. The van der Waals surface area contributed by atoms with Crippen molar-refractivity contribution >= 4 is 30.0 Å². The fourth-order valence-electron chi connectivity index (χ4n) is 1.59. The molecule has 24 heavy (non-hydrogen) atoms. The van der Waals surface area contributed by atoms with Crippen molar-refractivity contribution in [2.75, 3.05) is 0 Å². The molecule has 2 amide bonds. The molecule has 0 aliphatic rings. The minimum atomic E-state index is -1.04. The first kappa shape index (κ1) is 18.1. The van der Waals surface area contributed by atoms with Gasteiger partial charge in [0.1, 0.15) is 6.29 Å². The van der Waals surface area contributed by atoms with Crippen LogP contribution in [-0.4, -0.2) is 23.9 Å². The lowest BCUT2D eigenvalue weighted by atomic mass is 10.0. The number of allylic oxidation sites excluding steroid dienone is 3. The summed E-state index contributed by atoms with van der Waals surface area (Å²) in [5.74, 6) is -2.54. The van der Waals surface area contributed by atoms with Crippen molar-refractivity contribution in [2.24, 2.45) is 10.2 Å². The molecule has 0 unspecified atom stereocenters. The number of ketones is 1. The van der Waals surface area contributed by atoms with Crippen LogP contribution in [0.15, 0.2) is 46.7 Å². The number of nitrogens with zero attached hydrogens (tertiary/aromatic N) is 6. The van der Waals surface area contributed by atoms with Crippen LogP contribution in [0.5, 0.6) is 0 Å². The second-order valence-electron chi connectivity index (χ2n) is 4.03. The van der Waals surface area contributed by atoms with Crippen molar-refractivity contribution in [1.82, 2.24) is 0 Å². The molecule has 0 radical (unpaired) electrons. The van der Waals surface area contributed by atoms with E-state index in [0.29, 0.717) is 11.8 Å². The molecular formula is C14H8N6O4. The second-order valence-corrected chi connectivity index (χ2v) is 4.03. The molecule has 0 heterocycles. The Morgan fingerprint density at radius 1 is 0.958 bits per heavy atom. The van der Waals surface area contributed by atoms with Crippen LogP contribution in [0.3, 0.4) is 0 Å². The molecule has 10 nitrogen and oxygen atoms in total. The number of aldehydes is 1. The van der Waals surface area contributed by atoms with E-state index < -0.39 is 17.6 Å². The molecule has 0 bridgehead atoms. The van der Waals surface area contributed by atoms with Crippen LogP contribution in [-0.2, 0) is 9.59 Å². The first-order chi connectivity index (χ1) is 11.5. The van der Waals surface area contributed by atoms with Gasteiger partial charge in [-0.15, -0.1) is 0 Å². The highest BCUT2D eigenvalue weighted by Gasteiger charge is 2.15. The van der Waals surface area contributed by atoms with Gasteiger partial charge in [-0.05, 0) is 57.2 Å². The summed E-state index contributed by atoms with van der Waals surface area (Å²) in [6.45, 7) is 0. The van der Waals surface area contributed by atoms with Crippen molar-refractivity contribution in [3.05, 3.63) is 74.0 Å². The van der Waals surface area contributed by atoms with Gasteiger partial charge in [-0.25, -0.2) is 0 Å². The summed E-state index contributed by atoms with van der Waals surface area (Å²) in [5, 5.41) is 5.76. The molecule has 118 valence electrons. The van der Waals surface area contributed by atoms with Crippen LogP contribution in [0.2, 0.25) is 0 Å². The minimum Gasteiger partial charge on any atom is -0.299 e. The molecule has 0 aliphatic carbocycles. The molecule has 1 aromatic rings. The number of hydrogen-bond acceptors (Lipinski definition) is 4. The fraction of sp³-hybridized carbons (Fsp3) is 0. The van der Waals surface area contributed by atoms with Gasteiger partial charge in [0.25, 0.3) is 0 Å². The lowest BCUT2D eigenvalue weighted by Gasteiger charge is -2.04. The Labute approximate surface area is 134 Å². The largest absolute Gasteiger partial charge is 0.299 e. The van der Waals surface area contributed by atoms with E-state index in [9.17, 15) is 19.2 Å². The standard InChI is InChI=1S/C14H8N6O4/c15-19-17-13(23)11-6-4-9(3-5-10(22)2-1-7-21)8-12(11)14(24)18-20-16/h1-8H/b2-1+,5-3+. The van der Waals surface area contributed by atoms with Crippen molar-refractivity contribution < 1.29 is 19.2 Å². The van der Waals surface area contributed by atoms with Gasteiger partial charge in [-0.1, -0.05) is 12.1 Å². The van der Waals surface area contributed by atoms with E-state index in [1.54, 1.807) is 0 Å². The van der Waals surface area contributed by atoms with E-state index in [1.165, 1.54) is 24.3 Å². The highest BCUT2D eigenvalue weighted by Crippen LogP contribution is 2.16. The zero-order valence-corrected chi connectivity index (χ0v) is 11.9. The number of hydrogen-bond donors (Lipinski definition) is 0. The summed E-state index contributed by atoms with van der Waals surface area (Å²) in [4.78, 5) is 49.6. The van der Waals surface area contributed by atoms with Gasteiger partial charge in [0.05, 0.1) is 0 Å². The number of benzene rings is 1. The molecule has 0 N–H and O–H groups in total. The number of amides is 2. The maximum absolute atomic E-state index is 11.8. The van der Waals surface area contributed by atoms with E-state index in [2.05, 4.69) is 20.1 Å². The molecular weight excluding hydrogens is 316 g/mol. The molecule has 0 fully saturated rings. The lowest BCUT2D eigenvalue weighted by molar-refractivity contribution is -0.110. The van der Waals surface area contributed by atoms with Crippen molar-refractivity contribution in [3.8, 4) is 0 Å². The van der Waals surface area contributed by atoms with Crippen LogP contribution in [0, 0.1) is 0 Å². The summed E-state index contributed by atoms with van der Waals surface area (Å²) in [5.41, 5.74) is 16.5. The van der Waals surface area contributed by atoms with E-state index in [0.717, 1.165) is 18.2 Å². The van der Waals surface area contributed by atoms with Crippen molar-refractivity contribution in [2.45, 2.75) is 0 Å². The fourth-order valence-corrected chi connectivity index (χ4v) is 1.59. The molecule has 1 aromatic carbocycles. The van der Waals surface area contributed by atoms with Crippen LogP contribution in [0.1, 0.15) is 26.3 Å². The highest BCUT2D eigenvalue weighted by molar-refractivity contribution is 6.08. The third kappa shape index (κ3) is 5.08. The van der Waals surface area contributed by atoms with Gasteiger partial charge in [0.15, 0.2) is 5.78 Å². The predicted molar refractivity (Wildman–Crippen MR) is 82.6 cm³/mol. The minimum absolute atomic E-state index is 0.241. The van der Waals surface area contributed by atoms with Gasteiger partial charge in [-0.2, -0.15) is 0 Å². The Balaban J connectivity index is 3.30. The Morgan fingerprint density at radius 2 is 1.58 bits per heavy atom. The zero-order chi connectivity index (χ0) is 17.9. The Morgan fingerprint density at radius 3 is 2.17 bits per heavy atom. The molecule has 0 saturated carbocycles. The van der Waals surface area contributed by atoms with Crippen LogP contribution in [0.25, 0.3) is 27.0 Å². The van der Waals surface area contributed by atoms with E-state index in [4.69, 9.17) is 11.1 Å². The monoisotopic (exact) mass is 324 g/mol. The number of azide groups is 2. The summed E-state index contributed by atoms with van der Waals surface area (Å²) < 4.78 is 0. The third-order valence-corrected chi connectivity index (χ3v) is 2.55. The third-order valence-electron chi connectivity index (χ3n) is 2.55. The van der Waals surface area contributed by atoms with Gasteiger partial charge in [-0.3, -0.25) is 19.2 Å². The first-order valence-electron chi connectivity index (χ1n) is 6.20. The number of rotatable bonds is 6. The summed E-state index contributed by atoms with van der Waals surface area (Å²) >= 11 is 0. The lowest BCUT2D eigenvalue weighted by Crippen LogP contribution is -2.05. The van der Waals surface area contributed by atoms with E-state index in [-0.39, 0.29) is 11.1 Å². The van der Waals surface area contributed by atoms with Gasteiger partial charge < -0.3 is 0 Å². The molecule has 0 spiro atoms. The average molecular weight is 324 g/mol. The average Bonchev–Trinajstić information content (AvgIpc) is 2.58. The summed E-state index contributed by atoms with van der Waals surface area (Å²) in [6, 6.07) is 3.78. The normalized spacial score (nSPS) is 10.0. The summed E-state index contributed by atoms with van der Waals surface area (Å²) in [7, 11) is 0. The van der Waals surface area contributed by atoms with Crippen LogP contribution < -0.4 is 0 Å². The first-order valence-corrected chi connectivity index (χ1v) is 6.20. The number of carbonyl (C=O) groups excluding carboxylic acids is 4. The zero-order valence-electron chi connectivity index (χ0n) is 11.9. The molecule has 10 heteroatoms. The Hall–Kier alpha value is -4.00. The maximum atomic E-state index is 11.8. The Kier molecular flexibility index (Phi) is 6.85. The molecule has 0 aromatic heterocycles. The van der Waals surface area contributed by atoms with Crippen molar-refractivity contribution in [1.29, 1.82) is 0 Å². The highest BCUT2D eigenvalue weighted by atomic mass is 16.2. The molecule has 0 saturated heterocycles. The second kappa shape index (κ2) is 9.11. The van der Waals surface area contributed by atoms with Crippen LogP contribution in [0.4, 0.5) is 0 Å². The number of carbonyl (C=O) groups is 4. The smallest absolute Gasteiger partial charge is 0.249 e. The van der Waals surface area contributed by atoms with E-state index >= 15 is 0 Å². The van der Waals surface area contributed by atoms with Crippen LogP contribution >= 0.6 is 0 Å².